The number of allylic oxidation sites excluding steroid dienone is 1. The third-order valence-electron chi connectivity index (χ3n) is 4.11. The van der Waals surface area contributed by atoms with Crippen LogP contribution in [-0.2, 0) is 0 Å². The Morgan fingerprint density at radius 2 is 1.65 bits per heavy atom. The number of hydrogen-bond donors (Lipinski definition) is 0. The molecule has 0 fully saturated rings. The average molecular weight is 364 g/mol. The largest absolute Gasteiger partial charge is 0.394 e. The van der Waals surface area contributed by atoms with Gasteiger partial charge >= 0.3 is 6.18 Å². The molecule has 26 heavy (non-hydrogen) atoms. The van der Waals surface area contributed by atoms with Gasteiger partial charge in [-0.15, -0.1) is 0 Å². The van der Waals surface area contributed by atoms with E-state index in [1.54, 1.807) is 30.3 Å². The minimum absolute atomic E-state index is 0.214. The van der Waals surface area contributed by atoms with Crippen molar-refractivity contribution in [2.24, 2.45) is 5.92 Å². The second-order valence-corrected chi connectivity index (χ2v) is 6.21. The van der Waals surface area contributed by atoms with Crippen LogP contribution < -0.4 is 0 Å². The third kappa shape index (κ3) is 5.83. The molecular formula is C21H20F4O. The maximum Gasteiger partial charge on any atom is 0.394 e. The summed E-state index contributed by atoms with van der Waals surface area (Å²) in [6.45, 7) is 1.91. The zero-order chi connectivity index (χ0) is 19.2. The number of alkyl halides is 4. The van der Waals surface area contributed by atoms with Gasteiger partial charge in [0.05, 0.1) is 5.92 Å². The normalized spacial score (nSPS) is 14.3. The van der Waals surface area contributed by atoms with Gasteiger partial charge in [0.15, 0.2) is 5.78 Å². The molecule has 0 bridgehead atoms. The Balaban J connectivity index is 2.04. The molecule has 0 saturated carbocycles. The van der Waals surface area contributed by atoms with Crippen LogP contribution in [0.2, 0.25) is 0 Å². The summed E-state index contributed by atoms with van der Waals surface area (Å²) in [4.78, 5) is 12.0. The molecule has 0 amide bonds. The Bertz CT molecular complexity index is 733. The lowest BCUT2D eigenvalue weighted by molar-refractivity contribution is -0.189. The second-order valence-electron chi connectivity index (χ2n) is 6.21. The van der Waals surface area contributed by atoms with Gasteiger partial charge in [-0.25, -0.2) is 4.39 Å². The first kappa shape index (κ1) is 19.9. The third-order valence-corrected chi connectivity index (χ3v) is 4.11. The van der Waals surface area contributed by atoms with E-state index in [1.807, 2.05) is 19.1 Å². The number of ketones is 1. The molecule has 0 radical (unpaired) electrons. The fraction of sp³-hybridized carbons (Fsp3) is 0.286. The Hall–Kier alpha value is -2.43. The molecule has 2 aromatic carbocycles. The second kappa shape index (κ2) is 8.79. The van der Waals surface area contributed by atoms with E-state index in [9.17, 15) is 22.4 Å². The SMILES string of the molecule is Cc1ccc(/C=C/CC(C(F)CC(=O)c2ccccc2)C(F)(F)F)cc1. The molecule has 0 aliphatic heterocycles. The number of hydrogen-bond acceptors (Lipinski definition) is 1. The van der Waals surface area contributed by atoms with Crippen LogP contribution in [0.4, 0.5) is 17.6 Å². The molecule has 0 aromatic heterocycles. The van der Waals surface area contributed by atoms with Crippen LogP contribution >= 0.6 is 0 Å². The Morgan fingerprint density at radius 1 is 1.04 bits per heavy atom. The van der Waals surface area contributed by atoms with Crippen LogP contribution in [0.3, 0.4) is 0 Å². The number of benzene rings is 2. The van der Waals surface area contributed by atoms with Crippen molar-refractivity contribution in [3.05, 3.63) is 77.4 Å². The average Bonchev–Trinajstić information content (AvgIpc) is 2.59. The van der Waals surface area contributed by atoms with Crippen LogP contribution in [0.1, 0.15) is 34.3 Å². The van der Waals surface area contributed by atoms with Gasteiger partial charge in [0.2, 0.25) is 0 Å². The fourth-order valence-electron chi connectivity index (χ4n) is 2.58. The minimum Gasteiger partial charge on any atom is -0.294 e. The number of aryl methyl sites for hydroxylation is 1. The van der Waals surface area contributed by atoms with E-state index in [2.05, 4.69) is 0 Å². The standard InChI is InChI=1S/C21H20F4O/c1-15-10-12-16(13-11-15)6-5-9-18(21(23,24)25)19(22)14-20(26)17-7-3-2-4-8-17/h2-8,10-13,18-19H,9,14H2,1H3/b6-5+. The predicted octanol–water partition coefficient (Wildman–Crippen LogP) is 6.19. The summed E-state index contributed by atoms with van der Waals surface area (Å²) in [6, 6.07) is 15.0. The van der Waals surface area contributed by atoms with Crippen LogP contribution in [-0.4, -0.2) is 18.1 Å². The molecule has 2 atom stereocenters. The molecule has 138 valence electrons. The van der Waals surface area contributed by atoms with Crippen LogP contribution in [0.15, 0.2) is 60.7 Å². The first-order valence-corrected chi connectivity index (χ1v) is 8.29. The maximum atomic E-state index is 14.3. The van der Waals surface area contributed by atoms with Crippen molar-refractivity contribution >= 4 is 11.9 Å². The lowest BCUT2D eigenvalue weighted by atomic mass is 9.93. The summed E-state index contributed by atoms with van der Waals surface area (Å²) < 4.78 is 54.0. The topological polar surface area (TPSA) is 17.1 Å². The first-order valence-electron chi connectivity index (χ1n) is 8.29. The number of carbonyl (C=O) groups excluding carboxylic acids is 1. The lowest BCUT2D eigenvalue weighted by Crippen LogP contribution is -2.32. The maximum absolute atomic E-state index is 14.3. The molecule has 0 saturated heterocycles. The Kier molecular flexibility index (Phi) is 6.72. The summed E-state index contributed by atoms with van der Waals surface area (Å²) in [5.74, 6) is -2.84. The molecule has 0 aliphatic carbocycles. The summed E-state index contributed by atoms with van der Waals surface area (Å²) in [5.41, 5.74) is 2.00. The summed E-state index contributed by atoms with van der Waals surface area (Å²) in [7, 11) is 0. The van der Waals surface area contributed by atoms with Gasteiger partial charge in [-0.2, -0.15) is 13.2 Å². The summed E-state index contributed by atoms with van der Waals surface area (Å²) in [5, 5.41) is 0. The van der Waals surface area contributed by atoms with Crippen LogP contribution in [0, 0.1) is 12.8 Å². The van der Waals surface area contributed by atoms with Crippen molar-refractivity contribution in [3.8, 4) is 0 Å². The predicted molar refractivity (Wildman–Crippen MR) is 94.7 cm³/mol. The van der Waals surface area contributed by atoms with Crippen LogP contribution in [0.25, 0.3) is 6.08 Å². The highest BCUT2D eigenvalue weighted by atomic mass is 19.4. The van der Waals surface area contributed by atoms with E-state index < -0.39 is 36.9 Å². The number of rotatable bonds is 7. The van der Waals surface area contributed by atoms with Crippen molar-refractivity contribution in [1.82, 2.24) is 0 Å². The molecule has 2 rings (SSSR count). The minimum atomic E-state index is -4.71. The fourth-order valence-corrected chi connectivity index (χ4v) is 2.58. The zero-order valence-electron chi connectivity index (χ0n) is 14.3. The van der Waals surface area contributed by atoms with Gasteiger partial charge < -0.3 is 0 Å². The quantitative estimate of drug-likeness (QED) is 0.423. The summed E-state index contributed by atoms with van der Waals surface area (Å²) >= 11 is 0. The Labute approximate surface area is 150 Å². The van der Waals surface area contributed by atoms with E-state index in [0.29, 0.717) is 0 Å². The van der Waals surface area contributed by atoms with Crippen molar-refractivity contribution in [2.75, 3.05) is 0 Å². The van der Waals surface area contributed by atoms with Crippen molar-refractivity contribution in [1.29, 1.82) is 0 Å². The zero-order valence-corrected chi connectivity index (χ0v) is 14.3. The van der Waals surface area contributed by atoms with Gasteiger partial charge in [-0.1, -0.05) is 72.3 Å². The highest BCUT2D eigenvalue weighted by Gasteiger charge is 2.44. The lowest BCUT2D eigenvalue weighted by Gasteiger charge is -2.22. The van der Waals surface area contributed by atoms with Crippen molar-refractivity contribution in [3.63, 3.8) is 0 Å². The van der Waals surface area contributed by atoms with E-state index in [0.717, 1.165) is 11.1 Å². The van der Waals surface area contributed by atoms with Crippen LogP contribution in [0.5, 0.6) is 0 Å². The van der Waals surface area contributed by atoms with Crippen molar-refractivity contribution < 1.29 is 22.4 Å². The van der Waals surface area contributed by atoms with Crippen molar-refractivity contribution in [2.45, 2.75) is 32.1 Å². The molecule has 0 aliphatic rings. The molecule has 0 spiro atoms. The molecule has 5 heteroatoms. The molecular weight excluding hydrogens is 344 g/mol. The number of halogens is 4. The van der Waals surface area contributed by atoms with Gasteiger partial charge in [-0.05, 0) is 18.9 Å². The number of Topliss-reactive ketones (excluding diaryl/α,β-unsaturated/α-hetero) is 1. The Morgan fingerprint density at radius 3 is 2.23 bits per heavy atom. The highest BCUT2D eigenvalue weighted by Crippen LogP contribution is 2.35. The van der Waals surface area contributed by atoms with E-state index in [-0.39, 0.29) is 5.56 Å². The van der Waals surface area contributed by atoms with Gasteiger partial charge in [0, 0.05) is 12.0 Å². The van der Waals surface area contributed by atoms with E-state index in [4.69, 9.17) is 0 Å². The number of carbonyl (C=O) groups is 1. The molecule has 1 nitrogen and oxygen atoms in total. The van der Waals surface area contributed by atoms with Gasteiger partial charge in [-0.3, -0.25) is 4.79 Å². The van der Waals surface area contributed by atoms with E-state index in [1.165, 1.54) is 24.3 Å². The van der Waals surface area contributed by atoms with Gasteiger partial charge in [0.1, 0.15) is 6.17 Å². The van der Waals surface area contributed by atoms with E-state index >= 15 is 0 Å². The highest BCUT2D eigenvalue weighted by molar-refractivity contribution is 5.96. The first-order chi connectivity index (χ1) is 12.3. The monoisotopic (exact) mass is 364 g/mol. The smallest absolute Gasteiger partial charge is 0.294 e. The molecule has 0 heterocycles. The molecule has 2 aromatic rings. The van der Waals surface area contributed by atoms with Gasteiger partial charge in [0.25, 0.3) is 0 Å². The molecule has 0 N–H and O–H groups in total. The summed E-state index contributed by atoms with van der Waals surface area (Å²) in [6.07, 6.45) is -5.46. The molecule has 2 unspecified atom stereocenters.